The number of nitrogens with zero attached hydrogens (tertiary/aromatic N) is 1. The summed E-state index contributed by atoms with van der Waals surface area (Å²) in [5.74, 6) is 2.79. The Labute approximate surface area is 120 Å². The number of piperidine rings is 1. The summed E-state index contributed by atoms with van der Waals surface area (Å²) in [6, 6.07) is 5.10. The number of fused-ring (bicyclic) bond motifs is 4. The van der Waals surface area contributed by atoms with E-state index in [2.05, 4.69) is 24.0 Å². The molecule has 0 spiro atoms. The lowest BCUT2D eigenvalue weighted by Crippen LogP contribution is -2.49. The third-order valence-corrected chi connectivity index (χ3v) is 5.18. The van der Waals surface area contributed by atoms with Crippen LogP contribution >= 0.6 is 0 Å². The first-order valence-corrected chi connectivity index (χ1v) is 8.01. The molecule has 3 aliphatic rings. The van der Waals surface area contributed by atoms with E-state index in [0.717, 1.165) is 23.5 Å². The van der Waals surface area contributed by atoms with Gasteiger partial charge in [-0.15, -0.1) is 0 Å². The van der Waals surface area contributed by atoms with E-state index in [-0.39, 0.29) is 0 Å². The molecule has 0 radical (unpaired) electrons. The predicted octanol–water partition coefficient (Wildman–Crippen LogP) is 3.00. The minimum absolute atomic E-state index is 0.391. The van der Waals surface area contributed by atoms with E-state index < -0.39 is 0 Å². The van der Waals surface area contributed by atoms with E-state index in [0.29, 0.717) is 6.79 Å². The standard InChI is InChI=1S/C17H23NO2/c1-2-7-18-8-3-4-13-9-14-12(10-15(13)18)5-6-16-17(14)20-11-19-16/h5-6,13,15H,2-4,7-11H2,1H3/t13-,15-/m0/s1. The van der Waals surface area contributed by atoms with Crippen molar-refractivity contribution in [1.82, 2.24) is 4.90 Å². The van der Waals surface area contributed by atoms with Gasteiger partial charge >= 0.3 is 0 Å². The Morgan fingerprint density at radius 2 is 2.20 bits per heavy atom. The van der Waals surface area contributed by atoms with Crippen molar-refractivity contribution in [2.45, 2.75) is 45.1 Å². The van der Waals surface area contributed by atoms with E-state index in [9.17, 15) is 0 Å². The fourth-order valence-electron chi connectivity index (χ4n) is 4.29. The van der Waals surface area contributed by atoms with Crippen LogP contribution in [0.4, 0.5) is 0 Å². The molecule has 0 amide bonds. The summed E-state index contributed by atoms with van der Waals surface area (Å²) in [7, 11) is 0. The van der Waals surface area contributed by atoms with E-state index in [1.807, 2.05) is 0 Å². The second-order valence-corrected chi connectivity index (χ2v) is 6.35. The quantitative estimate of drug-likeness (QED) is 0.827. The molecule has 108 valence electrons. The molecule has 1 saturated heterocycles. The summed E-state index contributed by atoms with van der Waals surface area (Å²) in [4.78, 5) is 2.72. The zero-order chi connectivity index (χ0) is 13.5. The van der Waals surface area contributed by atoms with Crippen molar-refractivity contribution < 1.29 is 9.47 Å². The zero-order valence-electron chi connectivity index (χ0n) is 12.2. The van der Waals surface area contributed by atoms with Gasteiger partial charge in [0.15, 0.2) is 11.5 Å². The maximum Gasteiger partial charge on any atom is 0.231 e. The van der Waals surface area contributed by atoms with Gasteiger partial charge in [-0.05, 0) is 62.7 Å². The fraction of sp³-hybridized carbons (Fsp3) is 0.647. The lowest BCUT2D eigenvalue weighted by atomic mass is 9.75. The number of likely N-dealkylation sites (tertiary alicyclic amines) is 1. The van der Waals surface area contributed by atoms with Gasteiger partial charge in [0.05, 0.1) is 0 Å². The van der Waals surface area contributed by atoms with Crippen LogP contribution in [0, 0.1) is 5.92 Å². The number of hydrogen-bond donors (Lipinski definition) is 0. The van der Waals surface area contributed by atoms with Gasteiger partial charge in [0.1, 0.15) is 0 Å². The van der Waals surface area contributed by atoms with Crippen molar-refractivity contribution in [1.29, 1.82) is 0 Å². The topological polar surface area (TPSA) is 21.7 Å². The largest absolute Gasteiger partial charge is 0.454 e. The number of benzene rings is 1. The summed E-state index contributed by atoms with van der Waals surface area (Å²) in [6.45, 7) is 5.22. The van der Waals surface area contributed by atoms with Crippen molar-refractivity contribution in [2.75, 3.05) is 19.9 Å². The lowest BCUT2D eigenvalue weighted by Gasteiger charge is -2.44. The molecule has 2 aliphatic heterocycles. The van der Waals surface area contributed by atoms with Crippen molar-refractivity contribution >= 4 is 0 Å². The molecule has 2 atom stereocenters. The molecule has 3 nitrogen and oxygen atoms in total. The molecule has 20 heavy (non-hydrogen) atoms. The number of hydrogen-bond acceptors (Lipinski definition) is 3. The van der Waals surface area contributed by atoms with Crippen LogP contribution < -0.4 is 9.47 Å². The minimum atomic E-state index is 0.391. The van der Waals surface area contributed by atoms with Gasteiger partial charge in [0.25, 0.3) is 0 Å². The first-order chi connectivity index (χ1) is 9.86. The second-order valence-electron chi connectivity index (χ2n) is 6.35. The molecule has 0 aromatic heterocycles. The fourth-order valence-corrected chi connectivity index (χ4v) is 4.29. The van der Waals surface area contributed by atoms with Gasteiger partial charge in [0, 0.05) is 11.6 Å². The summed E-state index contributed by atoms with van der Waals surface area (Å²) in [6.07, 6.45) is 6.35. The molecule has 1 aromatic carbocycles. The lowest BCUT2D eigenvalue weighted by molar-refractivity contribution is 0.0847. The molecule has 0 N–H and O–H groups in total. The molecule has 0 saturated carbocycles. The van der Waals surface area contributed by atoms with Crippen LogP contribution in [-0.2, 0) is 12.8 Å². The Hall–Kier alpha value is -1.22. The first-order valence-electron chi connectivity index (χ1n) is 8.01. The molecule has 4 rings (SSSR count). The summed E-state index contributed by atoms with van der Waals surface area (Å²) in [5, 5.41) is 0. The average Bonchev–Trinajstić information content (AvgIpc) is 2.95. The molecular weight excluding hydrogens is 250 g/mol. The third-order valence-electron chi connectivity index (χ3n) is 5.18. The van der Waals surface area contributed by atoms with Crippen molar-refractivity contribution in [3.63, 3.8) is 0 Å². The summed E-state index contributed by atoms with van der Waals surface area (Å²) < 4.78 is 11.2. The van der Waals surface area contributed by atoms with Gasteiger partial charge in [-0.2, -0.15) is 0 Å². The normalized spacial score (nSPS) is 28.1. The minimum Gasteiger partial charge on any atom is -0.454 e. The Balaban J connectivity index is 1.66. The molecule has 3 heteroatoms. The van der Waals surface area contributed by atoms with E-state index in [4.69, 9.17) is 9.47 Å². The average molecular weight is 273 g/mol. The molecule has 1 aliphatic carbocycles. The van der Waals surface area contributed by atoms with Gasteiger partial charge < -0.3 is 9.47 Å². The SMILES string of the molecule is CCCN1CCC[C@H]2Cc3c(ccc4c3OCO4)C[C@@H]21. The van der Waals surface area contributed by atoms with Crippen LogP contribution in [0.3, 0.4) is 0 Å². The Kier molecular flexibility index (Phi) is 3.10. The Bertz CT molecular complexity index is 512. The summed E-state index contributed by atoms with van der Waals surface area (Å²) >= 11 is 0. The Morgan fingerprint density at radius 1 is 1.25 bits per heavy atom. The highest BCUT2D eigenvalue weighted by Crippen LogP contribution is 2.44. The predicted molar refractivity (Wildman–Crippen MR) is 78.3 cm³/mol. The van der Waals surface area contributed by atoms with E-state index in [1.54, 1.807) is 0 Å². The third kappa shape index (κ3) is 1.91. The number of ether oxygens (including phenoxy) is 2. The monoisotopic (exact) mass is 273 g/mol. The number of rotatable bonds is 2. The first kappa shape index (κ1) is 12.5. The van der Waals surface area contributed by atoms with Gasteiger partial charge in [-0.3, -0.25) is 4.90 Å². The highest BCUT2D eigenvalue weighted by atomic mass is 16.7. The molecule has 0 unspecified atom stereocenters. The van der Waals surface area contributed by atoms with Gasteiger partial charge in [-0.25, -0.2) is 0 Å². The highest BCUT2D eigenvalue weighted by molar-refractivity contribution is 5.53. The maximum absolute atomic E-state index is 5.72. The van der Waals surface area contributed by atoms with E-state index >= 15 is 0 Å². The molecule has 1 aromatic rings. The van der Waals surface area contributed by atoms with Crippen LogP contribution in [0.25, 0.3) is 0 Å². The molecular formula is C17H23NO2. The van der Waals surface area contributed by atoms with Crippen molar-refractivity contribution in [3.05, 3.63) is 23.3 Å². The van der Waals surface area contributed by atoms with Crippen LogP contribution in [0.15, 0.2) is 12.1 Å². The van der Waals surface area contributed by atoms with Crippen molar-refractivity contribution in [2.24, 2.45) is 5.92 Å². The van der Waals surface area contributed by atoms with Crippen molar-refractivity contribution in [3.8, 4) is 11.5 Å². The zero-order valence-corrected chi connectivity index (χ0v) is 12.2. The van der Waals surface area contributed by atoms with E-state index in [1.165, 1.54) is 56.3 Å². The van der Waals surface area contributed by atoms with Gasteiger partial charge in [-0.1, -0.05) is 13.0 Å². The maximum atomic E-state index is 5.72. The van der Waals surface area contributed by atoms with Crippen LogP contribution in [-0.4, -0.2) is 30.8 Å². The Morgan fingerprint density at radius 3 is 3.10 bits per heavy atom. The van der Waals surface area contributed by atoms with Crippen LogP contribution in [0.2, 0.25) is 0 Å². The molecule has 2 heterocycles. The molecule has 0 bridgehead atoms. The molecule has 1 fully saturated rings. The smallest absolute Gasteiger partial charge is 0.231 e. The highest BCUT2D eigenvalue weighted by Gasteiger charge is 2.37. The van der Waals surface area contributed by atoms with Crippen LogP contribution in [0.1, 0.15) is 37.3 Å². The van der Waals surface area contributed by atoms with Gasteiger partial charge in [0.2, 0.25) is 6.79 Å². The van der Waals surface area contributed by atoms with Crippen LogP contribution in [0.5, 0.6) is 11.5 Å². The summed E-state index contributed by atoms with van der Waals surface area (Å²) in [5.41, 5.74) is 2.91. The second kappa shape index (κ2) is 4.96.